The van der Waals surface area contributed by atoms with E-state index < -0.39 is 23.8 Å². The zero-order valence-electron chi connectivity index (χ0n) is 18.4. The number of aromatic amines is 1. The molecule has 0 aliphatic rings. The van der Waals surface area contributed by atoms with Gasteiger partial charge in [-0.2, -0.15) is 18.3 Å². The van der Waals surface area contributed by atoms with E-state index >= 15 is 0 Å². The molecule has 0 aliphatic carbocycles. The maximum Gasteiger partial charge on any atom is 0.416 e. The van der Waals surface area contributed by atoms with Crippen molar-refractivity contribution in [1.29, 1.82) is 0 Å². The Balaban J connectivity index is 1.65. The summed E-state index contributed by atoms with van der Waals surface area (Å²) < 4.78 is 55.6. The van der Waals surface area contributed by atoms with E-state index in [0.29, 0.717) is 17.0 Å². The van der Waals surface area contributed by atoms with Gasteiger partial charge in [-0.25, -0.2) is 4.79 Å². The Kier molecular flexibility index (Phi) is 7.16. The van der Waals surface area contributed by atoms with E-state index in [1.54, 1.807) is 13.0 Å². The Morgan fingerprint density at radius 2 is 1.83 bits per heavy atom. The topological polar surface area (TPSA) is 73.4 Å². The highest BCUT2D eigenvalue weighted by Crippen LogP contribution is 2.36. The molecule has 35 heavy (non-hydrogen) atoms. The number of hydrogen-bond acceptors (Lipinski definition) is 5. The highest BCUT2D eigenvalue weighted by atomic mass is 35.5. The monoisotopic (exact) mass is 504 g/mol. The number of esters is 1. The fourth-order valence-corrected chi connectivity index (χ4v) is 3.69. The SMILES string of the molecule is CCOC(=O)COc1ccc(OC(c2ccc(C(F)(F)F)cc2)c2n[nH]c3ccccc23)cc1Cl. The molecule has 10 heteroatoms. The number of ether oxygens (including phenoxy) is 3. The number of aromatic nitrogens is 2. The highest BCUT2D eigenvalue weighted by Gasteiger charge is 2.31. The lowest BCUT2D eigenvalue weighted by molar-refractivity contribution is -0.145. The first-order valence-corrected chi connectivity index (χ1v) is 11.0. The molecule has 4 rings (SSSR count). The minimum atomic E-state index is -4.46. The summed E-state index contributed by atoms with van der Waals surface area (Å²) in [7, 11) is 0. The molecule has 0 bridgehead atoms. The fourth-order valence-electron chi connectivity index (χ4n) is 3.46. The van der Waals surface area contributed by atoms with Crippen LogP contribution < -0.4 is 9.47 Å². The zero-order valence-corrected chi connectivity index (χ0v) is 19.2. The lowest BCUT2D eigenvalue weighted by Crippen LogP contribution is -2.15. The van der Waals surface area contributed by atoms with Gasteiger partial charge < -0.3 is 14.2 Å². The molecule has 1 unspecified atom stereocenters. The summed E-state index contributed by atoms with van der Waals surface area (Å²) in [6, 6.07) is 16.7. The van der Waals surface area contributed by atoms with Crippen LogP contribution in [0.5, 0.6) is 11.5 Å². The van der Waals surface area contributed by atoms with Crippen molar-refractivity contribution in [3.63, 3.8) is 0 Å². The Labute approximate surface area is 203 Å². The number of fused-ring (bicyclic) bond motifs is 1. The highest BCUT2D eigenvalue weighted by molar-refractivity contribution is 6.32. The van der Waals surface area contributed by atoms with E-state index in [1.165, 1.54) is 24.3 Å². The van der Waals surface area contributed by atoms with Gasteiger partial charge in [0.1, 0.15) is 17.2 Å². The lowest BCUT2D eigenvalue weighted by atomic mass is 10.0. The van der Waals surface area contributed by atoms with Crippen LogP contribution in [0.1, 0.15) is 29.8 Å². The van der Waals surface area contributed by atoms with E-state index in [-0.39, 0.29) is 24.0 Å². The number of H-pyrrole nitrogens is 1. The van der Waals surface area contributed by atoms with E-state index in [0.717, 1.165) is 23.0 Å². The maximum atomic E-state index is 13.1. The van der Waals surface area contributed by atoms with Gasteiger partial charge in [0.2, 0.25) is 0 Å². The molecule has 0 spiro atoms. The number of rotatable bonds is 8. The first kappa shape index (κ1) is 24.4. The van der Waals surface area contributed by atoms with Crippen molar-refractivity contribution in [2.75, 3.05) is 13.2 Å². The van der Waals surface area contributed by atoms with Crippen LogP contribution in [-0.4, -0.2) is 29.4 Å². The van der Waals surface area contributed by atoms with Crippen molar-refractivity contribution in [2.24, 2.45) is 0 Å². The smallest absolute Gasteiger partial charge is 0.416 e. The summed E-state index contributed by atoms with van der Waals surface area (Å²) in [5, 5.41) is 8.23. The van der Waals surface area contributed by atoms with Crippen LogP contribution in [0.25, 0.3) is 10.9 Å². The second kappa shape index (κ2) is 10.3. The van der Waals surface area contributed by atoms with Crippen molar-refractivity contribution in [2.45, 2.75) is 19.2 Å². The zero-order chi connectivity index (χ0) is 25.0. The molecule has 1 heterocycles. The molecule has 4 aromatic rings. The minimum absolute atomic E-state index is 0.185. The molecule has 3 aromatic carbocycles. The van der Waals surface area contributed by atoms with Crippen LogP contribution in [-0.2, 0) is 15.7 Å². The van der Waals surface area contributed by atoms with Crippen molar-refractivity contribution in [3.8, 4) is 11.5 Å². The number of para-hydroxylation sites is 1. The summed E-state index contributed by atoms with van der Waals surface area (Å²) in [4.78, 5) is 11.5. The predicted molar refractivity (Wildman–Crippen MR) is 124 cm³/mol. The summed E-state index contributed by atoms with van der Waals surface area (Å²) in [5.74, 6) is 0.0514. The van der Waals surface area contributed by atoms with Crippen LogP contribution in [0.15, 0.2) is 66.7 Å². The first-order chi connectivity index (χ1) is 16.8. The van der Waals surface area contributed by atoms with E-state index in [9.17, 15) is 18.0 Å². The van der Waals surface area contributed by atoms with Crippen LogP contribution in [0, 0.1) is 0 Å². The molecule has 0 saturated carbocycles. The third-order valence-electron chi connectivity index (χ3n) is 5.10. The standard InChI is InChI=1S/C25H20ClF3N2O4/c1-2-33-22(32)14-34-21-12-11-17(13-19(21)26)35-24(15-7-9-16(10-8-15)25(27,28)29)23-18-5-3-4-6-20(18)30-31-23/h3-13,24H,2,14H2,1H3,(H,30,31). The van der Waals surface area contributed by atoms with Crippen molar-refractivity contribution < 1.29 is 32.2 Å². The number of halogens is 4. The Hall–Kier alpha value is -3.72. The molecule has 1 N–H and O–H groups in total. The number of carbonyl (C=O) groups excluding carboxylic acids is 1. The van der Waals surface area contributed by atoms with E-state index in [4.69, 9.17) is 25.8 Å². The van der Waals surface area contributed by atoms with Gasteiger partial charge in [0.25, 0.3) is 0 Å². The molecule has 1 aromatic heterocycles. The Morgan fingerprint density at radius 3 is 2.51 bits per heavy atom. The van der Waals surface area contributed by atoms with Gasteiger partial charge >= 0.3 is 12.1 Å². The molecule has 6 nitrogen and oxygen atoms in total. The summed E-state index contributed by atoms with van der Waals surface area (Å²) in [6.45, 7) is 1.61. The number of hydrogen-bond donors (Lipinski definition) is 1. The van der Waals surface area contributed by atoms with Gasteiger partial charge in [0, 0.05) is 11.5 Å². The summed E-state index contributed by atoms with van der Waals surface area (Å²) >= 11 is 6.31. The first-order valence-electron chi connectivity index (χ1n) is 10.6. The van der Waals surface area contributed by atoms with Gasteiger partial charge in [-0.3, -0.25) is 5.10 Å². The number of benzene rings is 3. The van der Waals surface area contributed by atoms with Gasteiger partial charge in [-0.1, -0.05) is 41.9 Å². The molecule has 1 atom stereocenters. The fraction of sp³-hybridized carbons (Fsp3) is 0.200. The van der Waals surface area contributed by atoms with E-state index in [2.05, 4.69) is 10.2 Å². The molecule has 0 amide bonds. The van der Waals surface area contributed by atoms with Crippen LogP contribution in [0.2, 0.25) is 5.02 Å². The number of nitrogens with zero attached hydrogens (tertiary/aromatic N) is 1. The molecular weight excluding hydrogens is 485 g/mol. The molecular formula is C25H20ClF3N2O4. The number of carbonyl (C=O) groups is 1. The molecule has 0 saturated heterocycles. The van der Waals surface area contributed by atoms with Gasteiger partial charge in [-0.05, 0) is 42.8 Å². The largest absolute Gasteiger partial charge is 0.480 e. The van der Waals surface area contributed by atoms with Gasteiger partial charge in [0.05, 0.1) is 22.7 Å². The Morgan fingerprint density at radius 1 is 1.09 bits per heavy atom. The maximum absolute atomic E-state index is 13.1. The quantitative estimate of drug-likeness (QED) is 0.283. The van der Waals surface area contributed by atoms with Crippen LogP contribution in [0.3, 0.4) is 0 Å². The summed E-state index contributed by atoms with van der Waals surface area (Å²) in [6.07, 6.45) is -5.29. The van der Waals surface area contributed by atoms with Crippen LogP contribution >= 0.6 is 11.6 Å². The average molecular weight is 505 g/mol. The molecule has 0 fully saturated rings. The second-order valence-electron chi connectivity index (χ2n) is 7.46. The number of alkyl halides is 3. The second-order valence-corrected chi connectivity index (χ2v) is 7.87. The predicted octanol–water partition coefficient (Wildman–Crippen LogP) is 6.35. The third-order valence-corrected chi connectivity index (χ3v) is 5.39. The van der Waals surface area contributed by atoms with E-state index in [1.807, 2.05) is 24.3 Å². The number of nitrogens with one attached hydrogen (secondary N) is 1. The molecule has 0 radical (unpaired) electrons. The summed E-state index contributed by atoms with van der Waals surface area (Å²) in [5.41, 5.74) is 0.954. The Bertz CT molecular complexity index is 1320. The average Bonchev–Trinajstić information content (AvgIpc) is 3.26. The molecule has 182 valence electrons. The van der Waals surface area contributed by atoms with Gasteiger partial charge in [-0.15, -0.1) is 0 Å². The normalized spacial score (nSPS) is 12.4. The van der Waals surface area contributed by atoms with Crippen molar-refractivity contribution in [1.82, 2.24) is 10.2 Å². The van der Waals surface area contributed by atoms with Crippen LogP contribution in [0.4, 0.5) is 13.2 Å². The molecule has 0 aliphatic heterocycles. The van der Waals surface area contributed by atoms with Crippen molar-refractivity contribution >= 4 is 28.5 Å². The van der Waals surface area contributed by atoms with Gasteiger partial charge in [0.15, 0.2) is 12.7 Å². The minimum Gasteiger partial charge on any atom is -0.480 e. The lowest BCUT2D eigenvalue weighted by Gasteiger charge is -2.20. The van der Waals surface area contributed by atoms with Crippen molar-refractivity contribution in [3.05, 3.63) is 88.6 Å². The third kappa shape index (κ3) is 5.68.